The molecule has 2 aromatic rings. The summed E-state index contributed by atoms with van der Waals surface area (Å²) in [6.45, 7) is 11.6. The minimum atomic E-state index is -1.17. The zero-order chi connectivity index (χ0) is 35.6. The van der Waals surface area contributed by atoms with E-state index in [-0.39, 0.29) is 39.3 Å². The Kier molecular flexibility index (Phi) is 23.9. The number of aliphatic hydroxyl groups excluding tert-OH is 2. The normalized spacial score (nSPS) is 18.5. The molecule has 3 heterocycles. The molecule has 2 aromatic carbocycles. The van der Waals surface area contributed by atoms with Gasteiger partial charge in [-0.3, -0.25) is 4.90 Å². The molecule has 0 aromatic heterocycles. The van der Waals surface area contributed by atoms with E-state index in [0.29, 0.717) is 50.6 Å². The minimum Gasteiger partial charge on any atom is -0.684 e. The van der Waals surface area contributed by atoms with Crippen LogP contribution in [0.4, 0.5) is 0 Å². The maximum absolute atomic E-state index is 11.7. The van der Waals surface area contributed by atoms with Crippen molar-refractivity contribution in [2.24, 2.45) is 0 Å². The van der Waals surface area contributed by atoms with Crippen LogP contribution in [0.15, 0.2) is 60.3 Å². The van der Waals surface area contributed by atoms with E-state index in [1.807, 2.05) is 30.4 Å². The van der Waals surface area contributed by atoms with Gasteiger partial charge in [0.1, 0.15) is 24.1 Å². The molecule has 3 aliphatic heterocycles. The van der Waals surface area contributed by atoms with Crippen molar-refractivity contribution >= 4 is 0 Å². The van der Waals surface area contributed by atoms with E-state index in [0.717, 1.165) is 67.0 Å². The molecular weight excluding hydrogens is 737 g/mol. The Balaban J connectivity index is 0.00000118. The topological polar surface area (TPSA) is 170 Å². The number of aryl methyl sites for hydroxylation is 1. The number of rotatable bonds is 12. The number of allylic oxidation sites excluding steroid dienone is 2. The van der Waals surface area contributed by atoms with Crippen LogP contribution in [0.25, 0.3) is 16.0 Å². The summed E-state index contributed by atoms with van der Waals surface area (Å²) >= 11 is 0. The zero-order valence-corrected chi connectivity index (χ0v) is 32.3. The Hall–Kier alpha value is -1.99. The smallest absolute Gasteiger partial charge is 0.684 e. The summed E-state index contributed by atoms with van der Waals surface area (Å²) < 4.78 is 0. The van der Waals surface area contributed by atoms with Gasteiger partial charge < -0.3 is 51.5 Å². The molecule has 0 saturated carbocycles. The maximum Gasteiger partial charge on any atom is 2.00 e. The summed E-state index contributed by atoms with van der Waals surface area (Å²) in [7, 11) is 0. The van der Waals surface area contributed by atoms with Crippen LogP contribution in [-0.4, -0.2) is 104 Å². The van der Waals surface area contributed by atoms with Crippen molar-refractivity contribution in [2.75, 3.05) is 39.3 Å². The molecule has 2 unspecified atom stereocenters. The average Bonchev–Trinajstić information content (AvgIpc) is 3.05. The van der Waals surface area contributed by atoms with Gasteiger partial charge in [-0.25, -0.2) is 0 Å². The van der Waals surface area contributed by atoms with Gasteiger partial charge in [0, 0.05) is 59.4 Å². The van der Waals surface area contributed by atoms with Gasteiger partial charge in [0.15, 0.2) is 0 Å². The number of benzene rings is 2. The number of phenolic OH excluding ortho intramolecular Hbond substituents is 2. The van der Waals surface area contributed by atoms with Crippen molar-refractivity contribution < 1.29 is 64.2 Å². The standard InChI is InChI=1S/C34H46N5O2.2C2H6O2.Fe.Ni/c1-26-18-28(21-38(23-30-11-4-7-15-35-30)20-27-10-2-3-14-33(27)40)34(41)29(19-26)22-39(24-31-12-5-8-16-36-31)25-32-13-6-9-17-37-32;2*1-2(3)4;;/h2-4,7,10-11,14,18-19,31-32,40-41H,5-6,8-9,12-13,15-17,20-25H2,1H3;2*2-4H,1H3;;/q-3;;;+2;. The first-order chi connectivity index (χ1) is 23.5. The average molecular weight is 795 g/mol. The Morgan fingerprint density at radius 3 is 1.73 bits per heavy atom. The van der Waals surface area contributed by atoms with Crippen LogP contribution in [0.1, 0.15) is 74.6 Å². The number of hydrogen-bond acceptors (Lipinski definition) is 8. The van der Waals surface area contributed by atoms with Crippen molar-refractivity contribution in [3.8, 4) is 11.5 Å². The molecule has 5 rings (SSSR count). The van der Waals surface area contributed by atoms with Crippen molar-refractivity contribution in [1.29, 1.82) is 0 Å². The number of para-hydroxylation sites is 1. The van der Waals surface area contributed by atoms with Crippen molar-refractivity contribution in [1.82, 2.24) is 9.80 Å². The number of piperidine rings is 2. The van der Waals surface area contributed by atoms with E-state index < -0.39 is 12.6 Å². The quantitative estimate of drug-likeness (QED) is 0.121. The van der Waals surface area contributed by atoms with E-state index in [4.69, 9.17) is 31.1 Å². The Morgan fingerprint density at radius 1 is 0.745 bits per heavy atom. The van der Waals surface area contributed by atoms with E-state index in [1.165, 1.54) is 39.5 Å². The summed E-state index contributed by atoms with van der Waals surface area (Å²) in [6.07, 6.45) is 11.0. The number of phenols is 2. The number of aliphatic hydroxyl groups is 4. The van der Waals surface area contributed by atoms with Crippen LogP contribution in [0, 0.1) is 6.92 Å². The van der Waals surface area contributed by atoms with Crippen LogP contribution in [0.3, 0.4) is 0 Å². The third kappa shape index (κ3) is 19.1. The molecule has 3 aliphatic rings. The third-order valence-electron chi connectivity index (χ3n) is 8.40. The first kappa shape index (κ1) is 47.0. The SMILES string of the molecule is CC(O)O.CC(O)O.Cc1cc(CN(CC2=CC=CC[N-]2)Cc2ccccc2O)c(O)c(CN(CC2CCCC[N-]2)CC2CCCC[N-]2)c1.[Fe+2].[Ni]. The van der Waals surface area contributed by atoms with E-state index >= 15 is 0 Å². The molecule has 290 valence electrons. The second-order valence-corrected chi connectivity index (χ2v) is 13.2. The van der Waals surface area contributed by atoms with Gasteiger partial charge in [0.05, 0.1) is 0 Å². The van der Waals surface area contributed by atoms with Gasteiger partial charge >= 0.3 is 17.1 Å². The monoisotopic (exact) mass is 794 g/mol. The Morgan fingerprint density at radius 2 is 1.25 bits per heavy atom. The predicted octanol–water partition coefficient (Wildman–Crippen LogP) is 5.52. The molecule has 0 radical (unpaired) electrons. The van der Waals surface area contributed by atoms with E-state index in [2.05, 4.69) is 40.2 Å². The fourth-order valence-corrected chi connectivity index (χ4v) is 6.32. The Labute approximate surface area is 325 Å². The van der Waals surface area contributed by atoms with Crippen LogP contribution >= 0.6 is 0 Å². The van der Waals surface area contributed by atoms with Crippen LogP contribution in [-0.2, 0) is 53.2 Å². The van der Waals surface area contributed by atoms with Gasteiger partial charge in [0.2, 0.25) is 0 Å². The molecule has 0 amide bonds. The molecule has 6 N–H and O–H groups in total. The summed E-state index contributed by atoms with van der Waals surface area (Å²) in [5.74, 6) is 0.663. The molecule has 0 aliphatic carbocycles. The minimum absolute atomic E-state index is 0. The molecular formula is C38H58FeN5NiO6-. The van der Waals surface area contributed by atoms with Gasteiger partial charge in [-0.1, -0.05) is 86.6 Å². The number of hydrogen-bond donors (Lipinski definition) is 6. The largest absolute Gasteiger partial charge is 2.00 e. The Bertz CT molecular complexity index is 1270. The molecule has 51 heavy (non-hydrogen) atoms. The molecule has 13 heteroatoms. The predicted molar refractivity (Wildman–Crippen MR) is 195 cm³/mol. The molecule has 2 saturated heterocycles. The second kappa shape index (κ2) is 25.9. The molecule has 11 nitrogen and oxygen atoms in total. The van der Waals surface area contributed by atoms with Crippen molar-refractivity contribution in [3.63, 3.8) is 0 Å². The van der Waals surface area contributed by atoms with Gasteiger partial charge in [-0.2, -0.15) is 0 Å². The van der Waals surface area contributed by atoms with Crippen LogP contribution in [0.5, 0.6) is 11.5 Å². The first-order valence-corrected chi connectivity index (χ1v) is 17.6. The van der Waals surface area contributed by atoms with Gasteiger partial charge in [-0.15, -0.1) is 43.5 Å². The first-order valence-electron chi connectivity index (χ1n) is 17.6. The van der Waals surface area contributed by atoms with Crippen molar-refractivity contribution in [3.05, 3.63) is 98.5 Å². The number of aromatic hydroxyl groups is 2. The zero-order valence-electron chi connectivity index (χ0n) is 30.2. The van der Waals surface area contributed by atoms with Gasteiger partial charge in [0.25, 0.3) is 0 Å². The van der Waals surface area contributed by atoms with E-state index in [1.54, 1.807) is 6.07 Å². The molecule has 2 fully saturated rings. The van der Waals surface area contributed by atoms with E-state index in [9.17, 15) is 10.2 Å². The van der Waals surface area contributed by atoms with Crippen LogP contribution in [0.2, 0.25) is 0 Å². The molecule has 0 bridgehead atoms. The van der Waals surface area contributed by atoms with Crippen molar-refractivity contribution in [2.45, 2.75) is 104 Å². The summed E-state index contributed by atoms with van der Waals surface area (Å²) in [5.41, 5.74) is 4.90. The maximum atomic E-state index is 11.7. The fraction of sp³-hybridized carbons (Fsp3) is 0.579. The fourth-order valence-electron chi connectivity index (χ4n) is 6.32. The van der Waals surface area contributed by atoms with Gasteiger partial charge in [-0.05, 0) is 39.9 Å². The summed E-state index contributed by atoms with van der Waals surface area (Å²) in [6, 6.07) is 12.5. The molecule has 2 atom stereocenters. The van der Waals surface area contributed by atoms with Crippen LogP contribution < -0.4 is 0 Å². The number of nitrogens with zero attached hydrogens (tertiary/aromatic N) is 5. The summed E-state index contributed by atoms with van der Waals surface area (Å²) in [5, 5.41) is 67.1. The summed E-state index contributed by atoms with van der Waals surface area (Å²) in [4.78, 5) is 4.75. The molecule has 0 spiro atoms. The third-order valence-corrected chi connectivity index (χ3v) is 8.40. The second-order valence-electron chi connectivity index (χ2n) is 13.2.